The fourth-order valence-corrected chi connectivity index (χ4v) is 2.76. The monoisotopic (exact) mass is 255 g/mol. The first-order chi connectivity index (χ1) is 7.78. The molecule has 0 fully saturated rings. The number of hydrogen-bond acceptors (Lipinski definition) is 6. The third-order valence-corrected chi connectivity index (χ3v) is 3.83. The number of aromatic nitrogens is 5. The number of hydrogen-bond donors (Lipinski definition) is 0. The molecule has 0 N–H and O–H groups in total. The fraction of sp³-hybridized carbons (Fsp3) is 0.556. The Hall–Kier alpha value is -0.950. The summed E-state index contributed by atoms with van der Waals surface area (Å²) in [7, 11) is 0. The second-order valence-electron chi connectivity index (χ2n) is 3.38. The molecule has 0 aliphatic rings. The first-order valence-corrected chi connectivity index (χ1v) is 6.85. The summed E-state index contributed by atoms with van der Waals surface area (Å²) in [6.07, 6.45) is 2.21. The van der Waals surface area contributed by atoms with Crippen LogP contribution in [-0.4, -0.2) is 25.2 Å². The third-order valence-electron chi connectivity index (χ3n) is 1.92. The number of nitrogens with zero attached hydrogens (tertiary/aromatic N) is 5. The first kappa shape index (κ1) is 11.5. The molecule has 0 radical (unpaired) electrons. The molecule has 2 aromatic heterocycles. The van der Waals surface area contributed by atoms with Crippen LogP contribution < -0.4 is 0 Å². The summed E-state index contributed by atoms with van der Waals surface area (Å²) < 4.78 is 0.965. The van der Waals surface area contributed by atoms with Gasteiger partial charge in [-0.2, -0.15) is 4.80 Å². The van der Waals surface area contributed by atoms with Gasteiger partial charge >= 0.3 is 0 Å². The highest BCUT2D eigenvalue weighted by molar-refractivity contribution is 8.00. The molecular formula is C9H13N5S2. The van der Waals surface area contributed by atoms with Gasteiger partial charge in [-0.3, -0.25) is 0 Å². The molecule has 7 heteroatoms. The van der Waals surface area contributed by atoms with Crippen LogP contribution in [0.4, 0.5) is 0 Å². The lowest BCUT2D eigenvalue weighted by molar-refractivity contribution is 0.493. The Morgan fingerprint density at radius 3 is 3.06 bits per heavy atom. The minimum atomic E-state index is 0.672. The van der Waals surface area contributed by atoms with E-state index in [-0.39, 0.29) is 0 Å². The Bertz CT molecular complexity index is 450. The molecule has 0 saturated heterocycles. The Labute approximate surface area is 102 Å². The maximum Gasteiger partial charge on any atom is 0.238 e. The second kappa shape index (κ2) is 5.40. The Balaban J connectivity index is 1.97. The van der Waals surface area contributed by atoms with Gasteiger partial charge in [-0.05, 0) is 30.3 Å². The summed E-state index contributed by atoms with van der Waals surface area (Å²) in [6.45, 7) is 4.96. The first-order valence-electron chi connectivity index (χ1n) is 5.15. The molecule has 0 bridgehead atoms. The van der Waals surface area contributed by atoms with E-state index in [1.165, 1.54) is 11.8 Å². The summed E-state index contributed by atoms with van der Waals surface area (Å²) in [6, 6.07) is 0. The van der Waals surface area contributed by atoms with Crippen LogP contribution in [0.25, 0.3) is 0 Å². The minimum Gasteiger partial charge on any atom is -0.235 e. The van der Waals surface area contributed by atoms with Gasteiger partial charge in [0.1, 0.15) is 0 Å². The Kier molecular flexibility index (Phi) is 3.89. The van der Waals surface area contributed by atoms with E-state index in [1.54, 1.807) is 16.1 Å². The van der Waals surface area contributed by atoms with Crippen LogP contribution in [0.5, 0.6) is 0 Å². The molecule has 0 spiro atoms. The largest absolute Gasteiger partial charge is 0.238 e. The molecule has 2 rings (SSSR count). The Morgan fingerprint density at radius 1 is 1.50 bits per heavy atom. The molecule has 2 aromatic rings. The van der Waals surface area contributed by atoms with Gasteiger partial charge in [-0.1, -0.05) is 13.3 Å². The van der Waals surface area contributed by atoms with E-state index in [0.29, 0.717) is 5.16 Å². The van der Waals surface area contributed by atoms with E-state index in [0.717, 1.165) is 29.4 Å². The van der Waals surface area contributed by atoms with Crippen molar-refractivity contribution in [3.63, 3.8) is 0 Å². The van der Waals surface area contributed by atoms with Crippen molar-refractivity contribution in [2.24, 2.45) is 0 Å². The molecule has 0 aliphatic heterocycles. The average Bonchev–Trinajstić information content (AvgIpc) is 2.86. The van der Waals surface area contributed by atoms with Crippen LogP contribution >= 0.6 is 23.1 Å². The molecule has 16 heavy (non-hydrogen) atoms. The van der Waals surface area contributed by atoms with Crippen LogP contribution in [0.3, 0.4) is 0 Å². The molecule has 0 unspecified atom stereocenters. The van der Waals surface area contributed by atoms with Crippen molar-refractivity contribution >= 4 is 23.1 Å². The summed E-state index contributed by atoms with van der Waals surface area (Å²) in [5.41, 5.74) is 1.03. The van der Waals surface area contributed by atoms with E-state index in [4.69, 9.17) is 0 Å². The zero-order valence-electron chi connectivity index (χ0n) is 9.25. The fourth-order valence-electron chi connectivity index (χ4n) is 1.12. The zero-order valence-corrected chi connectivity index (χ0v) is 10.9. The average molecular weight is 255 g/mol. The molecule has 0 atom stereocenters. The van der Waals surface area contributed by atoms with Crippen LogP contribution in [0.1, 0.15) is 25.5 Å². The molecule has 0 saturated carbocycles. The SMILES string of the molecule is CCCCn1nnc(Sc2nc(C)cs2)n1. The minimum absolute atomic E-state index is 0.672. The third kappa shape index (κ3) is 3.02. The van der Waals surface area contributed by atoms with E-state index < -0.39 is 0 Å². The molecule has 0 amide bonds. The van der Waals surface area contributed by atoms with Crippen molar-refractivity contribution in [3.05, 3.63) is 11.1 Å². The maximum atomic E-state index is 4.34. The summed E-state index contributed by atoms with van der Waals surface area (Å²) in [5.74, 6) is 0. The lowest BCUT2D eigenvalue weighted by Crippen LogP contribution is -2.01. The van der Waals surface area contributed by atoms with Gasteiger partial charge in [0.05, 0.1) is 6.54 Å². The molecule has 2 heterocycles. The van der Waals surface area contributed by atoms with E-state index >= 15 is 0 Å². The lowest BCUT2D eigenvalue weighted by Gasteiger charge is -1.93. The van der Waals surface area contributed by atoms with Crippen LogP contribution in [0, 0.1) is 6.92 Å². The number of thiazole rings is 1. The van der Waals surface area contributed by atoms with Gasteiger partial charge in [0.15, 0.2) is 4.34 Å². The zero-order chi connectivity index (χ0) is 11.4. The van der Waals surface area contributed by atoms with Crippen molar-refractivity contribution in [3.8, 4) is 0 Å². The lowest BCUT2D eigenvalue weighted by atomic mass is 10.3. The van der Waals surface area contributed by atoms with Gasteiger partial charge in [0, 0.05) is 11.1 Å². The van der Waals surface area contributed by atoms with Crippen molar-refractivity contribution in [2.75, 3.05) is 0 Å². The predicted molar refractivity (Wildman–Crippen MR) is 63.7 cm³/mol. The molecule has 86 valence electrons. The standard InChI is InChI=1S/C9H13N5S2/c1-3-4-5-14-12-8(11-13-14)16-9-10-7(2)6-15-9/h6H,3-5H2,1-2H3. The summed E-state index contributed by atoms with van der Waals surface area (Å²) in [4.78, 5) is 5.99. The van der Waals surface area contributed by atoms with Gasteiger partial charge < -0.3 is 0 Å². The number of aryl methyl sites for hydroxylation is 2. The number of rotatable bonds is 5. The Morgan fingerprint density at radius 2 is 2.38 bits per heavy atom. The van der Waals surface area contributed by atoms with Gasteiger partial charge in [-0.15, -0.1) is 21.5 Å². The quantitative estimate of drug-likeness (QED) is 0.821. The van der Waals surface area contributed by atoms with E-state index in [2.05, 4.69) is 27.3 Å². The molecule has 0 aromatic carbocycles. The van der Waals surface area contributed by atoms with Gasteiger partial charge in [0.2, 0.25) is 5.16 Å². The molecule has 0 aliphatic carbocycles. The van der Waals surface area contributed by atoms with Gasteiger partial charge in [-0.25, -0.2) is 4.98 Å². The maximum absolute atomic E-state index is 4.34. The highest BCUT2D eigenvalue weighted by Gasteiger charge is 2.07. The van der Waals surface area contributed by atoms with E-state index in [1.807, 2.05) is 12.3 Å². The highest BCUT2D eigenvalue weighted by Crippen LogP contribution is 2.26. The molecule has 5 nitrogen and oxygen atoms in total. The van der Waals surface area contributed by atoms with Crippen LogP contribution in [-0.2, 0) is 6.54 Å². The normalized spacial score (nSPS) is 10.9. The second-order valence-corrected chi connectivity index (χ2v) is 5.45. The topological polar surface area (TPSA) is 56.5 Å². The number of unbranched alkanes of at least 4 members (excludes halogenated alkanes) is 1. The van der Waals surface area contributed by atoms with E-state index in [9.17, 15) is 0 Å². The van der Waals surface area contributed by atoms with Crippen molar-refractivity contribution in [1.29, 1.82) is 0 Å². The highest BCUT2D eigenvalue weighted by atomic mass is 32.2. The van der Waals surface area contributed by atoms with Crippen LogP contribution in [0.15, 0.2) is 14.9 Å². The van der Waals surface area contributed by atoms with Crippen molar-refractivity contribution in [2.45, 2.75) is 42.7 Å². The summed E-state index contributed by atoms with van der Waals surface area (Å²) >= 11 is 3.07. The van der Waals surface area contributed by atoms with Crippen LogP contribution in [0.2, 0.25) is 0 Å². The van der Waals surface area contributed by atoms with Gasteiger partial charge in [0.25, 0.3) is 0 Å². The smallest absolute Gasteiger partial charge is 0.235 e. The van der Waals surface area contributed by atoms with Crippen molar-refractivity contribution in [1.82, 2.24) is 25.2 Å². The predicted octanol–water partition coefficient (Wildman–Crippen LogP) is 2.39. The molecular weight excluding hydrogens is 242 g/mol. The van der Waals surface area contributed by atoms with Crippen molar-refractivity contribution < 1.29 is 0 Å². The number of tetrazole rings is 1. The summed E-state index contributed by atoms with van der Waals surface area (Å²) in [5, 5.41) is 14.9.